The zero-order chi connectivity index (χ0) is 16.1. The highest BCUT2D eigenvalue weighted by Gasteiger charge is 2.04. The smallest absolute Gasteiger partial charge is 0.224 e. The van der Waals surface area contributed by atoms with Crippen LogP contribution in [0.2, 0.25) is 0 Å². The minimum absolute atomic E-state index is 0.0962. The van der Waals surface area contributed by atoms with E-state index in [2.05, 4.69) is 10.4 Å². The van der Waals surface area contributed by atoms with Crippen LogP contribution in [0.3, 0.4) is 0 Å². The Kier molecular flexibility index (Phi) is 4.47. The van der Waals surface area contributed by atoms with Crippen molar-refractivity contribution in [2.24, 2.45) is 0 Å². The van der Waals surface area contributed by atoms with Crippen molar-refractivity contribution in [3.8, 4) is 5.69 Å². The maximum absolute atomic E-state index is 12.8. The molecule has 3 aromatic rings. The molecule has 0 radical (unpaired) electrons. The Morgan fingerprint density at radius 1 is 1.09 bits per heavy atom. The van der Waals surface area contributed by atoms with Gasteiger partial charge in [0.1, 0.15) is 5.82 Å². The minimum atomic E-state index is -0.301. The molecule has 0 aliphatic rings. The van der Waals surface area contributed by atoms with Crippen LogP contribution in [0.1, 0.15) is 11.1 Å². The molecule has 0 unspecified atom stereocenters. The normalized spacial score (nSPS) is 10.5. The molecule has 0 aliphatic carbocycles. The molecular weight excluding hydrogens is 293 g/mol. The molecule has 5 heteroatoms. The summed E-state index contributed by atoms with van der Waals surface area (Å²) in [5.74, 6) is -0.398. The summed E-state index contributed by atoms with van der Waals surface area (Å²) in [5.41, 5.74) is 2.72. The Bertz CT molecular complexity index is 782. The molecule has 4 nitrogen and oxygen atoms in total. The second-order valence-corrected chi connectivity index (χ2v) is 5.20. The zero-order valence-electron chi connectivity index (χ0n) is 12.4. The van der Waals surface area contributed by atoms with Crippen LogP contribution in [0.15, 0.2) is 67.0 Å². The fourth-order valence-corrected chi connectivity index (χ4v) is 2.28. The zero-order valence-corrected chi connectivity index (χ0v) is 12.4. The van der Waals surface area contributed by atoms with Crippen molar-refractivity contribution in [1.82, 2.24) is 15.1 Å². The van der Waals surface area contributed by atoms with Gasteiger partial charge in [-0.1, -0.05) is 24.3 Å². The molecule has 0 aliphatic heterocycles. The van der Waals surface area contributed by atoms with Gasteiger partial charge in [0, 0.05) is 18.9 Å². The Labute approximate surface area is 133 Å². The van der Waals surface area contributed by atoms with E-state index in [0.29, 0.717) is 6.54 Å². The van der Waals surface area contributed by atoms with Crippen molar-refractivity contribution >= 4 is 5.91 Å². The van der Waals surface area contributed by atoms with Gasteiger partial charge in [0.15, 0.2) is 0 Å². The lowest BCUT2D eigenvalue weighted by molar-refractivity contribution is -0.120. The summed E-state index contributed by atoms with van der Waals surface area (Å²) in [6.45, 7) is 0.440. The van der Waals surface area contributed by atoms with Gasteiger partial charge in [-0.2, -0.15) is 5.10 Å². The van der Waals surface area contributed by atoms with E-state index < -0.39 is 0 Å². The van der Waals surface area contributed by atoms with E-state index >= 15 is 0 Å². The number of benzene rings is 2. The largest absolute Gasteiger partial charge is 0.352 e. The van der Waals surface area contributed by atoms with Gasteiger partial charge < -0.3 is 5.32 Å². The summed E-state index contributed by atoms with van der Waals surface area (Å²) in [6.07, 6.45) is 3.82. The molecule has 0 spiro atoms. The van der Waals surface area contributed by atoms with E-state index in [1.807, 2.05) is 36.5 Å². The van der Waals surface area contributed by atoms with Crippen molar-refractivity contribution in [3.63, 3.8) is 0 Å². The van der Waals surface area contributed by atoms with Crippen LogP contribution in [0.5, 0.6) is 0 Å². The van der Waals surface area contributed by atoms with Crippen LogP contribution in [0.4, 0.5) is 4.39 Å². The highest BCUT2D eigenvalue weighted by molar-refractivity contribution is 5.78. The molecule has 0 fully saturated rings. The fourth-order valence-electron chi connectivity index (χ4n) is 2.28. The second kappa shape index (κ2) is 6.87. The van der Waals surface area contributed by atoms with E-state index in [0.717, 1.165) is 16.8 Å². The van der Waals surface area contributed by atoms with Gasteiger partial charge in [0.05, 0.1) is 12.1 Å². The predicted octanol–water partition coefficient (Wildman–Crippen LogP) is 2.87. The predicted molar refractivity (Wildman–Crippen MR) is 85.5 cm³/mol. The Hall–Kier alpha value is -2.95. The lowest BCUT2D eigenvalue weighted by Crippen LogP contribution is -2.24. The highest BCUT2D eigenvalue weighted by Crippen LogP contribution is 2.09. The third-order valence-corrected chi connectivity index (χ3v) is 3.45. The molecule has 0 atom stereocenters. The van der Waals surface area contributed by atoms with Gasteiger partial charge in [0.2, 0.25) is 5.91 Å². The maximum Gasteiger partial charge on any atom is 0.224 e. The first-order chi connectivity index (χ1) is 11.2. The average molecular weight is 309 g/mol. The number of rotatable bonds is 5. The van der Waals surface area contributed by atoms with Gasteiger partial charge >= 0.3 is 0 Å². The number of aromatic nitrogens is 2. The number of amides is 1. The molecule has 116 valence electrons. The van der Waals surface area contributed by atoms with E-state index in [1.54, 1.807) is 23.0 Å². The monoisotopic (exact) mass is 309 g/mol. The highest BCUT2D eigenvalue weighted by atomic mass is 19.1. The number of hydrogen-bond acceptors (Lipinski definition) is 2. The van der Waals surface area contributed by atoms with Crippen LogP contribution >= 0.6 is 0 Å². The fraction of sp³-hybridized carbons (Fsp3) is 0.111. The first kappa shape index (κ1) is 15.0. The summed E-state index contributed by atoms with van der Waals surface area (Å²) in [7, 11) is 0. The Balaban J connectivity index is 1.58. The summed E-state index contributed by atoms with van der Waals surface area (Å²) in [6, 6.07) is 15.6. The molecule has 1 aromatic heterocycles. The second-order valence-electron chi connectivity index (χ2n) is 5.20. The van der Waals surface area contributed by atoms with E-state index in [4.69, 9.17) is 0 Å². The first-order valence-electron chi connectivity index (χ1n) is 7.31. The van der Waals surface area contributed by atoms with Crippen LogP contribution < -0.4 is 5.32 Å². The average Bonchev–Trinajstić information content (AvgIpc) is 3.10. The molecule has 1 amide bonds. The summed E-state index contributed by atoms with van der Waals surface area (Å²) in [4.78, 5) is 12.0. The van der Waals surface area contributed by atoms with Crippen LogP contribution in [-0.4, -0.2) is 15.7 Å². The lowest BCUT2D eigenvalue weighted by Gasteiger charge is -2.08. The number of nitrogens with one attached hydrogen (secondary N) is 1. The van der Waals surface area contributed by atoms with Crippen molar-refractivity contribution in [3.05, 3.63) is 83.9 Å². The molecule has 3 rings (SSSR count). The molecular formula is C18H16FN3O. The third-order valence-electron chi connectivity index (χ3n) is 3.45. The van der Waals surface area contributed by atoms with Crippen molar-refractivity contribution in [2.45, 2.75) is 13.0 Å². The van der Waals surface area contributed by atoms with E-state index in [9.17, 15) is 9.18 Å². The molecule has 2 aromatic carbocycles. The summed E-state index contributed by atoms with van der Waals surface area (Å²) < 4.78 is 14.6. The van der Waals surface area contributed by atoms with Crippen LogP contribution in [0.25, 0.3) is 5.69 Å². The van der Waals surface area contributed by atoms with Crippen LogP contribution in [0, 0.1) is 5.82 Å². The summed E-state index contributed by atoms with van der Waals surface area (Å²) >= 11 is 0. The third kappa shape index (κ3) is 4.03. The number of carbonyl (C=O) groups excluding carboxylic acids is 1. The van der Waals surface area contributed by atoms with Gasteiger partial charge in [-0.05, 0) is 41.5 Å². The molecule has 23 heavy (non-hydrogen) atoms. The van der Waals surface area contributed by atoms with E-state index in [1.165, 1.54) is 12.1 Å². The van der Waals surface area contributed by atoms with Crippen molar-refractivity contribution in [2.75, 3.05) is 0 Å². The SMILES string of the molecule is O=C(Cc1ccc(F)cc1)NCc1cccc(-n2cccn2)c1. The Morgan fingerprint density at radius 2 is 1.91 bits per heavy atom. The quantitative estimate of drug-likeness (QED) is 0.788. The number of nitrogens with zero attached hydrogens (tertiary/aromatic N) is 2. The molecule has 0 bridgehead atoms. The Morgan fingerprint density at radius 3 is 2.65 bits per heavy atom. The standard InChI is InChI=1S/C18H16FN3O/c19-16-7-5-14(6-8-16)12-18(23)20-13-15-3-1-4-17(11-15)22-10-2-9-21-22/h1-11H,12-13H2,(H,20,23). The number of halogens is 1. The van der Waals surface area contributed by atoms with Crippen molar-refractivity contribution < 1.29 is 9.18 Å². The first-order valence-corrected chi connectivity index (χ1v) is 7.31. The van der Waals surface area contributed by atoms with Gasteiger partial charge in [-0.3, -0.25) is 4.79 Å². The topological polar surface area (TPSA) is 46.9 Å². The molecule has 0 saturated heterocycles. The van der Waals surface area contributed by atoms with Gasteiger partial charge in [0.25, 0.3) is 0 Å². The maximum atomic E-state index is 12.8. The summed E-state index contributed by atoms with van der Waals surface area (Å²) in [5, 5.41) is 7.06. The molecule has 1 N–H and O–H groups in total. The number of hydrogen-bond donors (Lipinski definition) is 1. The van der Waals surface area contributed by atoms with E-state index in [-0.39, 0.29) is 18.1 Å². The van der Waals surface area contributed by atoms with Crippen LogP contribution in [-0.2, 0) is 17.8 Å². The number of carbonyl (C=O) groups is 1. The molecule has 1 heterocycles. The lowest BCUT2D eigenvalue weighted by atomic mass is 10.1. The van der Waals surface area contributed by atoms with Gasteiger partial charge in [-0.15, -0.1) is 0 Å². The minimum Gasteiger partial charge on any atom is -0.352 e. The van der Waals surface area contributed by atoms with Crippen molar-refractivity contribution in [1.29, 1.82) is 0 Å². The van der Waals surface area contributed by atoms with Gasteiger partial charge in [-0.25, -0.2) is 9.07 Å². The molecule has 0 saturated carbocycles.